The molecular weight excluding hydrogens is 328 g/mol. The summed E-state index contributed by atoms with van der Waals surface area (Å²) in [7, 11) is 1.67. The van der Waals surface area contributed by atoms with Gasteiger partial charge in [-0.2, -0.15) is 0 Å². The van der Waals surface area contributed by atoms with Crippen LogP contribution in [0.15, 0.2) is 60.9 Å². The van der Waals surface area contributed by atoms with E-state index >= 15 is 0 Å². The fourth-order valence-electron chi connectivity index (χ4n) is 3.28. The Morgan fingerprint density at radius 1 is 1.12 bits per heavy atom. The number of morpholine rings is 1. The Morgan fingerprint density at radius 2 is 1.88 bits per heavy atom. The maximum Gasteiger partial charge on any atom is 0.254 e. The number of hydrogen-bond acceptors (Lipinski definition) is 4. The van der Waals surface area contributed by atoms with Crippen LogP contribution in [0.3, 0.4) is 0 Å². The van der Waals surface area contributed by atoms with E-state index in [0.29, 0.717) is 25.3 Å². The third-order valence-electron chi connectivity index (χ3n) is 4.72. The highest BCUT2D eigenvalue weighted by molar-refractivity contribution is 5.94. The monoisotopic (exact) mass is 348 g/mol. The quantitative estimate of drug-likeness (QED) is 0.727. The molecule has 4 rings (SSSR count). The number of ether oxygens (including phenoxy) is 2. The summed E-state index contributed by atoms with van der Waals surface area (Å²) in [6.07, 6.45) is 3.16. The van der Waals surface area contributed by atoms with E-state index < -0.39 is 0 Å². The van der Waals surface area contributed by atoms with Crippen molar-refractivity contribution in [2.45, 2.75) is 6.10 Å². The van der Waals surface area contributed by atoms with Gasteiger partial charge in [0.15, 0.2) is 0 Å². The van der Waals surface area contributed by atoms with Crippen LogP contribution in [0, 0.1) is 0 Å². The molecule has 0 unspecified atom stereocenters. The van der Waals surface area contributed by atoms with Crippen LogP contribution in [0.25, 0.3) is 10.8 Å². The highest BCUT2D eigenvalue weighted by atomic mass is 16.5. The molecule has 1 atom stereocenters. The lowest BCUT2D eigenvalue weighted by Crippen LogP contribution is -2.42. The molecule has 1 amide bonds. The van der Waals surface area contributed by atoms with Gasteiger partial charge in [0.25, 0.3) is 5.91 Å². The molecule has 3 aromatic rings. The smallest absolute Gasteiger partial charge is 0.254 e. The third kappa shape index (κ3) is 3.26. The summed E-state index contributed by atoms with van der Waals surface area (Å²) in [5.41, 5.74) is 1.74. The number of benzene rings is 2. The molecule has 1 fully saturated rings. The molecule has 0 N–H and O–H groups in total. The highest BCUT2D eigenvalue weighted by Crippen LogP contribution is 2.28. The Kier molecular flexibility index (Phi) is 4.54. The van der Waals surface area contributed by atoms with E-state index in [4.69, 9.17) is 9.47 Å². The first-order valence-electron chi connectivity index (χ1n) is 8.63. The normalized spacial score (nSPS) is 17.3. The van der Waals surface area contributed by atoms with Crippen molar-refractivity contribution in [3.05, 3.63) is 72.1 Å². The molecule has 2 aromatic carbocycles. The molecule has 0 saturated carbocycles. The molecular formula is C21H20N2O3. The molecule has 0 radical (unpaired) electrons. The lowest BCUT2D eigenvalue weighted by atomic mass is 10.0. The topological polar surface area (TPSA) is 51.7 Å². The fraction of sp³-hybridized carbons (Fsp3) is 0.238. The molecule has 1 saturated heterocycles. The second-order valence-electron chi connectivity index (χ2n) is 6.32. The van der Waals surface area contributed by atoms with E-state index in [9.17, 15) is 4.79 Å². The number of rotatable bonds is 3. The van der Waals surface area contributed by atoms with Crippen molar-refractivity contribution in [1.82, 2.24) is 9.88 Å². The molecule has 1 aliphatic rings. The summed E-state index contributed by atoms with van der Waals surface area (Å²) in [4.78, 5) is 18.5. The summed E-state index contributed by atoms with van der Waals surface area (Å²) in [5.74, 6) is 0.861. The lowest BCUT2D eigenvalue weighted by Gasteiger charge is -2.33. The number of methoxy groups -OCH3 is 1. The Morgan fingerprint density at radius 3 is 2.69 bits per heavy atom. The van der Waals surface area contributed by atoms with E-state index in [1.54, 1.807) is 31.6 Å². The van der Waals surface area contributed by atoms with Gasteiger partial charge in [-0.15, -0.1) is 0 Å². The van der Waals surface area contributed by atoms with Crippen LogP contribution < -0.4 is 4.74 Å². The van der Waals surface area contributed by atoms with Gasteiger partial charge in [0.05, 0.1) is 20.3 Å². The molecule has 132 valence electrons. The number of carbonyl (C=O) groups excluding carboxylic acids is 1. The van der Waals surface area contributed by atoms with Crippen LogP contribution in [0.4, 0.5) is 0 Å². The average molecular weight is 348 g/mol. The van der Waals surface area contributed by atoms with Crippen molar-refractivity contribution in [1.29, 1.82) is 0 Å². The van der Waals surface area contributed by atoms with Gasteiger partial charge in [0, 0.05) is 24.5 Å². The maximum absolute atomic E-state index is 12.7. The standard InChI is InChI=1S/C21H20N2O3/c1-25-19-5-4-16-12-18(3-2-17(16)13-19)20-14-23(10-11-26-20)21(24)15-6-8-22-9-7-15/h2-9,12-13,20H,10-11,14H2,1H3/t20-/m1/s1. The Labute approximate surface area is 152 Å². The van der Waals surface area contributed by atoms with Crippen molar-refractivity contribution in [3.8, 4) is 5.75 Å². The molecule has 5 nitrogen and oxygen atoms in total. The van der Waals surface area contributed by atoms with Crippen molar-refractivity contribution in [2.75, 3.05) is 26.8 Å². The second kappa shape index (κ2) is 7.14. The van der Waals surface area contributed by atoms with Crippen LogP contribution in [-0.2, 0) is 4.74 Å². The zero-order valence-electron chi connectivity index (χ0n) is 14.6. The largest absolute Gasteiger partial charge is 0.497 e. The Bertz CT molecular complexity index is 927. The third-order valence-corrected chi connectivity index (χ3v) is 4.72. The predicted molar refractivity (Wildman–Crippen MR) is 99.3 cm³/mol. The Hall–Kier alpha value is -2.92. The molecule has 2 heterocycles. The summed E-state index contributed by atoms with van der Waals surface area (Å²) >= 11 is 0. The fourth-order valence-corrected chi connectivity index (χ4v) is 3.28. The summed E-state index contributed by atoms with van der Waals surface area (Å²) < 4.78 is 11.2. The lowest BCUT2D eigenvalue weighted by molar-refractivity contribution is -0.0227. The van der Waals surface area contributed by atoms with Crippen LogP contribution in [0.2, 0.25) is 0 Å². The number of amides is 1. The van der Waals surface area contributed by atoms with E-state index in [2.05, 4.69) is 23.2 Å². The number of aromatic nitrogens is 1. The van der Waals surface area contributed by atoms with Crippen LogP contribution in [0.1, 0.15) is 22.0 Å². The zero-order valence-corrected chi connectivity index (χ0v) is 14.6. The van der Waals surface area contributed by atoms with Gasteiger partial charge in [-0.05, 0) is 46.7 Å². The van der Waals surface area contributed by atoms with Crippen LogP contribution >= 0.6 is 0 Å². The number of nitrogens with zero attached hydrogens (tertiary/aromatic N) is 2. The van der Waals surface area contributed by atoms with Gasteiger partial charge < -0.3 is 14.4 Å². The molecule has 1 aromatic heterocycles. The first-order valence-corrected chi connectivity index (χ1v) is 8.63. The van der Waals surface area contributed by atoms with Gasteiger partial charge in [-0.25, -0.2) is 0 Å². The van der Waals surface area contributed by atoms with E-state index in [0.717, 1.165) is 22.1 Å². The second-order valence-corrected chi connectivity index (χ2v) is 6.32. The first kappa shape index (κ1) is 16.5. The highest BCUT2D eigenvalue weighted by Gasteiger charge is 2.26. The van der Waals surface area contributed by atoms with E-state index in [1.165, 1.54) is 0 Å². The molecule has 0 spiro atoms. The van der Waals surface area contributed by atoms with E-state index in [1.807, 2.05) is 23.1 Å². The van der Waals surface area contributed by atoms with Gasteiger partial charge in [-0.3, -0.25) is 9.78 Å². The zero-order chi connectivity index (χ0) is 17.9. The maximum atomic E-state index is 12.7. The van der Waals surface area contributed by atoms with Crippen molar-refractivity contribution < 1.29 is 14.3 Å². The number of carbonyl (C=O) groups is 1. The van der Waals surface area contributed by atoms with Crippen molar-refractivity contribution >= 4 is 16.7 Å². The molecule has 1 aliphatic heterocycles. The molecule has 5 heteroatoms. The molecule has 0 bridgehead atoms. The van der Waals surface area contributed by atoms with Crippen LogP contribution in [0.5, 0.6) is 5.75 Å². The van der Waals surface area contributed by atoms with Crippen molar-refractivity contribution in [3.63, 3.8) is 0 Å². The minimum Gasteiger partial charge on any atom is -0.497 e. The molecule has 0 aliphatic carbocycles. The number of fused-ring (bicyclic) bond motifs is 1. The molecule has 26 heavy (non-hydrogen) atoms. The minimum atomic E-state index is -0.124. The van der Waals surface area contributed by atoms with Gasteiger partial charge >= 0.3 is 0 Å². The average Bonchev–Trinajstić information content (AvgIpc) is 2.73. The van der Waals surface area contributed by atoms with E-state index in [-0.39, 0.29) is 12.0 Å². The van der Waals surface area contributed by atoms with Gasteiger partial charge in [0.1, 0.15) is 11.9 Å². The number of pyridine rings is 1. The predicted octanol–water partition coefficient (Wildman–Crippen LogP) is 3.46. The van der Waals surface area contributed by atoms with Crippen LogP contribution in [-0.4, -0.2) is 42.6 Å². The van der Waals surface area contributed by atoms with Crippen molar-refractivity contribution in [2.24, 2.45) is 0 Å². The summed E-state index contributed by atoms with van der Waals surface area (Å²) in [6, 6.07) is 15.8. The van der Waals surface area contributed by atoms with Gasteiger partial charge in [-0.1, -0.05) is 18.2 Å². The Balaban J connectivity index is 1.56. The number of hydrogen-bond donors (Lipinski definition) is 0. The first-order chi connectivity index (χ1) is 12.7. The SMILES string of the molecule is COc1ccc2cc([C@H]3CN(C(=O)c4ccncc4)CCO3)ccc2c1. The summed E-state index contributed by atoms with van der Waals surface area (Å²) in [5, 5.41) is 2.25. The summed E-state index contributed by atoms with van der Waals surface area (Å²) in [6.45, 7) is 1.67. The van der Waals surface area contributed by atoms with Gasteiger partial charge in [0.2, 0.25) is 0 Å². The minimum absolute atomic E-state index is 0.0197.